The normalized spacial score (nSPS) is 22.9. The Bertz CT molecular complexity index is 357. The highest BCUT2D eigenvalue weighted by molar-refractivity contribution is 5.23. The summed E-state index contributed by atoms with van der Waals surface area (Å²) in [6.45, 7) is 5.76. The Morgan fingerprint density at radius 2 is 2.11 bits per heavy atom. The summed E-state index contributed by atoms with van der Waals surface area (Å²) in [7, 11) is 0. The molecule has 100 valence electrons. The number of hydrogen-bond acceptors (Lipinski definition) is 3. The van der Waals surface area contributed by atoms with E-state index < -0.39 is 6.10 Å². The SMILES string of the molecule is Cc1ccc(C(O)C(C)NCC2CCCO2)cc1. The molecule has 3 nitrogen and oxygen atoms in total. The summed E-state index contributed by atoms with van der Waals surface area (Å²) < 4.78 is 5.56. The molecule has 3 atom stereocenters. The number of aliphatic hydroxyl groups excluding tert-OH is 1. The fraction of sp³-hybridized carbons (Fsp3) is 0.600. The van der Waals surface area contributed by atoms with E-state index in [0.717, 1.165) is 31.6 Å². The van der Waals surface area contributed by atoms with Gasteiger partial charge >= 0.3 is 0 Å². The van der Waals surface area contributed by atoms with Gasteiger partial charge in [-0.1, -0.05) is 29.8 Å². The van der Waals surface area contributed by atoms with Crippen LogP contribution in [0.25, 0.3) is 0 Å². The Balaban J connectivity index is 1.83. The lowest BCUT2D eigenvalue weighted by molar-refractivity contribution is 0.0910. The molecule has 1 aromatic rings. The second-order valence-electron chi connectivity index (χ2n) is 5.19. The number of rotatable bonds is 5. The van der Waals surface area contributed by atoms with E-state index in [9.17, 15) is 5.11 Å². The lowest BCUT2D eigenvalue weighted by atomic mass is 10.0. The van der Waals surface area contributed by atoms with Crippen LogP contribution in [0.5, 0.6) is 0 Å². The molecule has 0 spiro atoms. The minimum atomic E-state index is -0.466. The maximum absolute atomic E-state index is 10.3. The van der Waals surface area contributed by atoms with Gasteiger partial charge in [0.05, 0.1) is 12.2 Å². The third kappa shape index (κ3) is 3.55. The van der Waals surface area contributed by atoms with Gasteiger partial charge in [-0.15, -0.1) is 0 Å². The van der Waals surface area contributed by atoms with Crippen molar-refractivity contribution in [3.05, 3.63) is 35.4 Å². The summed E-state index contributed by atoms with van der Waals surface area (Å²) in [5, 5.41) is 13.6. The highest BCUT2D eigenvalue weighted by atomic mass is 16.5. The molecule has 0 aliphatic carbocycles. The molecule has 0 amide bonds. The summed E-state index contributed by atoms with van der Waals surface area (Å²) in [5.41, 5.74) is 2.18. The topological polar surface area (TPSA) is 41.5 Å². The summed E-state index contributed by atoms with van der Waals surface area (Å²) in [4.78, 5) is 0. The second-order valence-corrected chi connectivity index (χ2v) is 5.19. The molecule has 2 N–H and O–H groups in total. The Labute approximate surface area is 109 Å². The van der Waals surface area contributed by atoms with Crippen molar-refractivity contribution in [3.8, 4) is 0 Å². The van der Waals surface area contributed by atoms with Gasteiger partial charge in [0.15, 0.2) is 0 Å². The van der Waals surface area contributed by atoms with Gasteiger partial charge in [-0.25, -0.2) is 0 Å². The van der Waals surface area contributed by atoms with Crippen molar-refractivity contribution < 1.29 is 9.84 Å². The first-order chi connectivity index (χ1) is 8.66. The first-order valence-electron chi connectivity index (χ1n) is 6.76. The van der Waals surface area contributed by atoms with Crippen molar-refractivity contribution in [2.24, 2.45) is 0 Å². The quantitative estimate of drug-likeness (QED) is 0.840. The van der Waals surface area contributed by atoms with E-state index in [1.165, 1.54) is 5.56 Å². The lowest BCUT2D eigenvalue weighted by Gasteiger charge is -2.22. The molecule has 1 heterocycles. The van der Waals surface area contributed by atoms with Gasteiger partial charge in [0.2, 0.25) is 0 Å². The summed E-state index contributed by atoms with van der Waals surface area (Å²) in [6, 6.07) is 8.09. The van der Waals surface area contributed by atoms with Crippen molar-refractivity contribution in [1.82, 2.24) is 5.32 Å². The second kappa shape index (κ2) is 6.32. The lowest BCUT2D eigenvalue weighted by Crippen LogP contribution is -2.37. The number of ether oxygens (including phenoxy) is 1. The Morgan fingerprint density at radius 3 is 2.72 bits per heavy atom. The molecule has 0 radical (unpaired) electrons. The summed E-state index contributed by atoms with van der Waals surface area (Å²) in [5.74, 6) is 0. The van der Waals surface area contributed by atoms with Crippen LogP contribution in [0.4, 0.5) is 0 Å². The Kier molecular flexibility index (Phi) is 4.75. The third-order valence-corrected chi connectivity index (χ3v) is 3.58. The van der Waals surface area contributed by atoms with E-state index in [-0.39, 0.29) is 6.04 Å². The zero-order valence-electron chi connectivity index (χ0n) is 11.2. The molecule has 1 aliphatic heterocycles. The largest absolute Gasteiger partial charge is 0.387 e. The standard InChI is InChI=1S/C15H23NO2/c1-11-5-7-13(8-6-11)15(17)12(2)16-10-14-4-3-9-18-14/h5-8,12,14-17H,3-4,9-10H2,1-2H3. The number of hydrogen-bond donors (Lipinski definition) is 2. The van der Waals surface area contributed by atoms with Crippen LogP contribution < -0.4 is 5.32 Å². The number of nitrogens with one attached hydrogen (secondary N) is 1. The van der Waals surface area contributed by atoms with Crippen LogP contribution in [0, 0.1) is 6.92 Å². The maximum atomic E-state index is 10.3. The van der Waals surface area contributed by atoms with E-state index in [4.69, 9.17) is 4.74 Å². The molecule has 2 rings (SSSR count). The number of benzene rings is 1. The molecule has 1 fully saturated rings. The zero-order chi connectivity index (χ0) is 13.0. The average Bonchev–Trinajstić information content (AvgIpc) is 2.89. The van der Waals surface area contributed by atoms with Crippen molar-refractivity contribution in [1.29, 1.82) is 0 Å². The predicted molar refractivity (Wildman–Crippen MR) is 72.6 cm³/mol. The minimum Gasteiger partial charge on any atom is -0.387 e. The first kappa shape index (κ1) is 13.5. The van der Waals surface area contributed by atoms with E-state index in [1.807, 2.05) is 31.2 Å². The van der Waals surface area contributed by atoms with Crippen LogP contribution in [0.1, 0.15) is 37.0 Å². The molecule has 0 aromatic heterocycles. The third-order valence-electron chi connectivity index (χ3n) is 3.58. The number of aryl methyl sites for hydroxylation is 1. The van der Waals surface area contributed by atoms with Gasteiger partial charge < -0.3 is 15.2 Å². The molecule has 3 unspecified atom stereocenters. The van der Waals surface area contributed by atoms with Crippen LogP contribution in [-0.2, 0) is 4.74 Å². The first-order valence-corrected chi connectivity index (χ1v) is 6.76. The van der Waals surface area contributed by atoms with Gasteiger partial charge in [0, 0.05) is 19.2 Å². The van der Waals surface area contributed by atoms with E-state index in [0.29, 0.717) is 6.10 Å². The molecule has 1 saturated heterocycles. The summed E-state index contributed by atoms with van der Waals surface area (Å²) in [6.07, 6.45) is 2.13. The Hall–Kier alpha value is -0.900. The molecule has 18 heavy (non-hydrogen) atoms. The van der Waals surface area contributed by atoms with Gasteiger partial charge in [-0.05, 0) is 32.3 Å². The fourth-order valence-corrected chi connectivity index (χ4v) is 2.29. The smallest absolute Gasteiger partial charge is 0.0940 e. The highest BCUT2D eigenvalue weighted by Crippen LogP contribution is 2.18. The molecule has 3 heteroatoms. The van der Waals surface area contributed by atoms with Crippen LogP contribution in [-0.4, -0.2) is 30.4 Å². The van der Waals surface area contributed by atoms with Crippen molar-refractivity contribution in [2.45, 2.75) is 44.9 Å². The summed E-state index contributed by atoms with van der Waals surface area (Å²) >= 11 is 0. The zero-order valence-corrected chi connectivity index (χ0v) is 11.2. The molecular formula is C15H23NO2. The van der Waals surface area contributed by atoms with E-state index in [2.05, 4.69) is 12.2 Å². The number of aliphatic hydroxyl groups is 1. The molecule has 1 aromatic carbocycles. The molecule has 0 bridgehead atoms. The minimum absolute atomic E-state index is 0.0388. The van der Waals surface area contributed by atoms with Gasteiger partial charge in [0.1, 0.15) is 0 Å². The van der Waals surface area contributed by atoms with Crippen LogP contribution in [0.15, 0.2) is 24.3 Å². The van der Waals surface area contributed by atoms with Crippen molar-refractivity contribution >= 4 is 0 Å². The van der Waals surface area contributed by atoms with Gasteiger partial charge in [0.25, 0.3) is 0 Å². The van der Waals surface area contributed by atoms with Gasteiger partial charge in [-0.2, -0.15) is 0 Å². The van der Waals surface area contributed by atoms with Crippen molar-refractivity contribution in [2.75, 3.05) is 13.2 Å². The molecule has 1 aliphatic rings. The van der Waals surface area contributed by atoms with E-state index in [1.54, 1.807) is 0 Å². The Morgan fingerprint density at radius 1 is 1.39 bits per heavy atom. The van der Waals surface area contributed by atoms with Crippen LogP contribution in [0.3, 0.4) is 0 Å². The average molecular weight is 249 g/mol. The maximum Gasteiger partial charge on any atom is 0.0940 e. The highest BCUT2D eigenvalue weighted by Gasteiger charge is 2.19. The van der Waals surface area contributed by atoms with Crippen LogP contribution in [0.2, 0.25) is 0 Å². The van der Waals surface area contributed by atoms with Crippen molar-refractivity contribution in [3.63, 3.8) is 0 Å². The van der Waals surface area contributed by atoms with Crippen LogP contribution >= 0.6 is 0 Å². The molecular weight excluding hydrogens is 226 g/mol. The fourth-order valence-electron chi connectivity index (χ4n) is 2.29. The molecule has 0 saturated carbocycles. The predicted octanol–water partition coefficient (Wildman–Crippen LogP) is 2.19. The van der Waals surface area contributed by atoms with E-state index >= 15 is 0 Å². The van der Waals surface area contributed by atoms with Gasteiger partial charge in [-0.3, -0.25) is 0 Å². The monoisotopic (exact) mass is 249 g/mol.